The minimum Gasteiger partial charge on any atom is -0.490 e. The van der Waals surface area contributed by atoms with Crippen LogP contribution in [0.5, 0.6) is 5.75 Å². The molecule has 5 rings (SSSR count). The molecule has 0 radical (unpaired) electrons. The molecule has 8 atom stereocenters. The zero-order valence-corrected chi connectivity index (χ0v) is 25.9. The second kappa shape index (κ2) is 12.1. The summed E-state index contributed by atoms with van der Waals surface area (Å²) in [5, 5.41) is 0. The van der Waals surface area contributed by atoms with Gasteiger partial charge in [0.15, 0.2) is 0 Å². The second-order valence-corrected chi connectivity index (χ2v) is 14.7. The molecule has 3 nitrogen and oxygen atoms in total. The van der Waals surface area contributed by atoms with Crippen molar-refractivity contribution in [3.8, 4) is 5.75 Å². The fraction of sp³-hybridized carbons (Fsp3) is 0.703. The van der Waals surface area contributed by atoms with Crippen LogP contribution in [0.25, 0.3) is 0 Å². The Morgan fingerprint density at radius 2 is 1.80 bits per heavy atom. The summed E-state index contributed by atoms with van der Waals surface area (Å²) in [5.41, 5.74) is 2.97. The van der Waals surface area contributed by atoms with Crippen molar-refractivity contribution in [2.45, 2.75) is 111 Å². The normalized spacial score (nSPS) is 35.6. The van der Waals surface area contributed by atoms with Crippen LogP contribution in [-0.4, -0.2) is 18.7 Å². The van der Waals surface area contributed by atoms with Crippen molar-refractivity contribution in [2.24, 2.45) is 46.3 Å². The summed E-state index contributed by atoms with van der Waals surface area (Å²) in [6.45, 7) is 16.7. The maximum Gasteiger partial charge on any atom is 0.338 e. The van der Waals surface area contributed by atoms with E-state index in [1.165, 1.54) is 51.4 Å². The lowest BCUT2D eigenvalue weighted by Crippen LogP contribution is -2.51. The molecule has 0 N–H and O–H groups in total. The third-order valence-corrected chi connectivity index (χ3v) is 12.0. The highest BCUT2D eigenvalue weighted by Crippen LogP contribution is 2.67. The van der Waals surface area contributed by atoms with Crippen molar-refractivity contribution in [1.82, 2.24) is 0 Å². The van der Waals surface area contributed by atoms with Crippen LogP contribution in [0.3, 0.4) is 0 Å². The molecule has 3 saturated carbocycles. The van der Waals surface area contributed by atoms with E-state index in [1.54, 1.807) is 23.8 Å². The SMILES string of the molecule is C=CCOc1ccc(C(=O)O[C@@H]2CC[C@@]3(C)C(=CC[C@H]4[C@H]5CC[C@@H]([C@@H](C)CCCC(C)C)[C@@]5(C)CC[C@@H]43)C2)cc1. The highest BCUT2D eigenvalue weighted by Gasteiger charge is 2.59. The summed E-state index contributed by atoms with van der Waals surface area (Å²) >= 11 is 0. The first-order chi connectivity index (χ1) is 19.2. The fourth-order valence-electron chi connectivity index (χ4n) is 9.81. The van der Waals surface area contributed by atoms with Gasteiger partial charge < -0.3 is 9.47 Å². The largest absolute Gasteiger partial charge is 0.490 e. The standard InChI is InChI=1S/C37H54O3/c1-7-23-39-29-14-11-27(12-15-29)35(38)40-30-19-21-36(5)28(24-30)13-16-31-33-18-17-32(26(4)10-8-9-25(2)3)37(33,6)22-20-34(31)36/h7,11-15,25-26,30-34H,1,8-10,16-24H2,2-6H3/t26-,30+,31-,32-,33+,34-,36-,37+/m0/s1. The highest BCUT2D eigenvalue weighted by atomic mass is 16.5. The van der Waals surface area contributed by atoms with Crippen LogP contribution in [0, 0.1) is 46.3 Å². The molecule has 220 valence electrons. The van der Waals surface area contributed by atoms with E-state index >= 15 is 0 Å². The maximum atomic E-state index is 13.0. The van der Waals surface area contributed by atoms with E-state index in [0.717, 1.165) is 60.5 Å². The molecular weight excluding hydrogens is 492 g/mol. The van der Waals surface area contributed by atoms with E-state index in [9.17, 15) is 4.79 Å². The zero-order valence-electron chi connectivity index (χ0n) is 25.9. The predicted molar refractivity (Wildman–Crippen MR) is 164 cm³/mol. The maximum absolute atomic E-state index is 13.0. The smallest absolute Gasteiger partial charge is 0.338 e. The van der Waals surface area contributed by atoms with Crippen LogP contribution in [0.2, 0.25) is 0 Å². The molecule has 0 saturated heterocycles. The van der Waals surface area contributed by atoms with Gasteiger partial charge in [0, 0.05) is 6.42 Å². The quantitative estimate of drug-likeness (QED) is 0.216. The van der Waals surface area contributed by atoms with Crippen molar-refractivity contribution in [1.29, 1.82) is 0 Å². The van der Waals surface area contributed by atoms with Crippen LogP contribution in [-0.2, 0) is 4.74 Å². The lowest BCUT2D eigenvalue weighted by Gasteiger charge is -2.58. The summed E-state index contributed by atoms with van der Waals surface area (Å²) in [5.74, 6) is 5.62. The summed E-state index contributed by atoms with van der Waals surface area (Å²) in [7, 11) is 0. The molecule has 0 aromatic heterocycles. The van der Waals surface area contributed by atoms with E-state index in [4.69, 9.17) is 9.47 Å². The van der Waals surface area contributed by atoms with E-state index in [-0.39, 0.29) is 17.5 Å². The van der Waals surface area contributed by atoms with Gasteiger partial charge >= 0.3 is 5.97 Å². The average Bonchev–Trinajstić information content (AvgIpc) is 3.29. The first-order valence-corrected chi connectivity index (χ1v) is 16.4. The number of rotatable bonds is 10. The Morgan fingerprint density at radius 1 is 1.02 bits per heavy atom. The second-order valence-electron chi connectivity index (χ2n) is 14.7. The molecule has 0 spiro atoms. The minimum absolute atomic E-state index is 0.0172. The zero-order chi connectivity index (χ0) is 28.5. The molecule has 3 fully saturated rings. The molecule has 1 aromatic rings. The Balaban J connectivity index is 1.21. The van der Waals surface area contributed by atoms with Crippen LogP contribution in [0.15, 0.2) is 48.6 Å². The van der Waals surface area contributed by atoms with Gasteiger partial charge in [-0.05, 0) is 116 Å². The fourth-order valence-corrected chi connectivity index (χ4v) is 9.81. The van der Waals surface area contributed by atoms with Gasteiger partial charge in [-0.2, -0.15) is 0 Å². The van der Waals surface area contributed by atoms with Crippen molar-refractivity contribution in [3.05, 3.63) is 54.1 Å². The van der Waals surface area contributed by atoms with Gasteiger partial charge in [-0.1, -0.05) is 78.2 Å². The van der Waals surface area contributed by atoms with Gasteiger partial charge in [0.25, 0.3) is 0 Å². The molecule has 4 aliphatic rings. The number of esters is 1. The molecule has 3 heteroatoms. The van der Waals surface area contributed by atoms with Gasteiger partial charge in [-0.25, -0.2) is 4.79 Å². The molecule has 0 bridgehead atoms. The van der Waals surface area contributed by atoms with Crippen molar-refractivity contribution in [3.63, 3.8) is 0 Å². The molecule has 0 amide bonds. The Labute approximate surface area is 244 Å². The van der Waals surface area contributed by atoms with Gasteiger partial charge in [0.05, 0.1) is 5.56 Å². The van der Waals surface area contributed by atoms with Crippen LogP contribution in [0.1, 0.15) is 116 Å². The van der Waals surface area contributed by atoms with Crippen LogP contribution in [0.4, 0.5) is 0 Å². The van der Waals surface area contributed by atoms with Gasteiger partial charge in [-0.3, -0.25) is 0 Å². The number of ether oxygens (including phenoxy) is 2. The highest BCUT2D eigenvalue weighted by molar-refractivity contribution is 5.89. The average molecular weight is 547 g/mol. The molecule has 4 aliphatic carbocycles. The summed E-state index contributed by atoms with van der Waals surface area (Å²) in [6, 6.07) is 7.27. The number of allylic oxidation sites excluding steroid dienone is 1. The molecular formula is C37H54O3. The van der Waals surface area contributed by atoms with Crippen LogP contribution < -0.4 is 4.74 Å². The van der Waals surface area contributed by atoms with Crippen molar-refractivity contribution in [2.75, 3.05) is 6.61 Å². The first kappa shape index (κ1) is 29.5. The predicted octanol–water partition coefficient (Wildman–Crippen LogP) is 9.82. The molecule has 40 heavy (non-hydrogen) atoms. The van der Waals surface area contributed by atoms with Crippen molar-refractivity contribution < 1.29 is 14.3 Å². The van der Waals surface area contributed by atoms with Crippen LogP contribution >= 0.6 is 0 Å². The molecule has 1 aromatic carbocycles. The number of hydrogen-bond donors (Lipinski definition) is 0. The number of hydrogen-bond acceptors (Lipinski definition) is 3. The number of benzene rings is 1. The first-order valence-electron chi connectivity index (χ1n) is 16.4. The van der Waals surface area contributed by atoms with E-state index in [2.05, 4.69) is 47.3 Å². The molecule has 0 unspecified atom stereocenters. The van der Waals surface area contributed by atoms with E-state index in [1.807, 2.05) is 12.1 Å². The summed E-state index contributed by atoms with van der Waals surface area (Å²) in [4.78, 5) is 13.0. The number of carbonyl (C=O) groups is 1. The summed E-state index contributed by atoms with van der Waals surface area (Å²) < 4.78 is 11.6. The molecule has 0 aliphatic heterocycles. The van der Waals surface area contributed by atoms with Gasteiger partial charge in [-0.15, -0.1) is 0 Å². The van der Waals surface area contributed by atoms with E-state index in [0.29, 0.717) is 17.6 Å². The topological polar surface area (TPSA) is 35.5 Å². The van der Waals surface area contributed by atoms with Crippen molar-refractivity contribution >= 4 is 5.97 Å². The lowest BCUT2D eigenvalue weighted by atomic mass is 9.47. The molecule has 0 heterocycles. The van der Waals surface area contributed by atoms with Gasteiger partial charge in [0.1, 0.15) is 18.5 Å². The lowest BCUT2D eigenvalue weighted by molar-refractivity contribution is -0.0594. The Kier molecular flexibility index (Phi) is 8.89. The number of carbonyl (C=O) groups excluding carboxylic acids is 1. The Morgan fingerprint density at radius 3 is 2.52 bits per heavy atom. The minimum atomic E-state index is -0.217. The Bertz CT molecular complexity index is 1070. The number of fused-ring (bicyclic) bond motifs is 5. The third kappa shape index (κ3) is 5.68. The van der Waals surface area contributed by atoms with Gasteiger partial charge in [0.2, 0.25) is 0 Å². The Hall–Kier alpha value is -2.03. The monoisotopic (exact) mass is 546 g/mol. The third-order valence-electron chi connectivity index (χ3n) is 12.0. The van der Waals surface area contributed by atoms with E-state index < -0.39 is 0 Å². The summed E-state index contributed by atoms with van der Waals surface area (Å²) in [6.07, 6.45) is 18.4.